The first-order valence-corrected chi connectivity index (χ1v) is 6.29. The van der Waals surface area contributed by atoms with E-state index in [1.165, 1.54) is 0 Å². The molecule has 0 atom stereocenters. The molecule has 19 heavy (non-hydrogen) atoms. The molecule has 1 rings (SSSR count). The standard InChI is InChI=1S/C14H22O5/c1-16-9-10-18-7-4-8-19-14-12(11-15)5-3-6-13(14)17-2/h3,5-6,15H,4,7-11H2,1-2H3. The van der Waals surface area contributed by atoms with E-state index < -0.39 is 0 Å². The van der Waals surface area contributed by atoms with E-state index in [0.717, 1.165) is 12.0 Å². The zero-order valence-electron chi connectivity index (χ0n) is 11.6. The van der Waals surface area contributed by atoms with Crippen LogP contribution in [0.4, 0.5) is 0 Å². The Morgan fingerprint density at radius 3 is 2.58 bits per heavy atom. The van der Waals surface area contributed by atoms with Crippen LogP contribution in [-0.2, 0) is 16.1 Å². The molecule has 0 fully saturated rings. The second-order valence-corrected chi connectivity index (χ2v) is 3.91. The summed E-state index contributed by atoms with van der Waals surface area (Å²) >= 11 is 0. The predicted molar refractivity (Wildman–Crippen MR) is 71.7 cm³/mol. The fourth-order valence-electron chi connectivity index (χ4n) is 1.59. The minimum Gasteiger partial charge on any atom is -0.493 e. The zero-order valence-corrected chi connectivity index (χ0v) is 11.6. The molecule has 1 aromatic carbocycles. The molecule has 0 amide bonds. The number of methoxy groups -OCH3 is 2. The van der Waals surface area contributed by atoms with Gasteiger partial charge in [0.15, 0.2) is 11.5 Å². The van der Waals surface area contributed by atoms with Crippen molar-refractivity contribution in [3.63, 3.8) is 0 Å². The van der Waals surface area contributed by atoms with Gasteiger partial charge in [0, 0.05) is 25.7 Å². The van der Waals surface area contributed by atoms with Crippen LogP contribution in [0.1, 0.15) is 12.0 Å². The van der Waals surface area contributed by atoms with Crippen molar-refractivity contribution in [2.45, 2.75) is 13.0 Å². The average molecular weight is 270 g/mol. The Labute approximate surface area is 114 Å². The molecule has 0 spiro atoms. The Kier molecular flexibility index (Phi) is 7.97. The number of hydrogen-bond donors (Lipinski definition) is 1. The molecule has 0 radical (unpaired) electrons. The van der Waals surface area contributed by atoms with Gasteiger partial charge in [-0.2, -0.15) is 0 Å². The van der Waals surface area contributed by atoms with Gasteiger partial charge in [-0.15, -0.1) is 0 Å². The van der Waals surface area contributed by atoms with Crippen LogP contribution in [0.3, 0.4) is 0 Å². The molecule has 0 unspecified atom stereocenters. The Morgan fingerprint density at radius 2 is 1.89 bits per heavy atom. The van der Waals surface area contributed by atoms with Crippen molar-refractivity contribution in [2.75, 3.05) is 40.6 Å². The minimum atomic E-state index is -0.0725. The van der Waals surface area contributed by atoms with E-state index in [2.05, 4.69) is 0 Å². The van der Waals surface area contributed by atoms with Crippen molar-refractivity contribution in [2.24, 2.45) is 0 Å². The van der Waals surface area contributed by atoms with Crippen LogP contribution >= 0.6 is 0 Å². The van der Waals surface area contributed by atoms with Crippen molar-refractivity contribution in [3.8, 4) is 11.5 Å². The molecule has 0 aliphatic heterocycles. The first kappa shape index (κ1) is 15.8. The van der Waals surface area contributed by atoms with Crippen LogP contribution in [-0.4, -0.2) is 45.8 Å². The van der Waals surface area contributed by atoms with Crippen molar-refractivity contribution in [1.29, 1.82) is 0 Å². The van der Waals surface area contributed by atoms with Gasteiger partial charge < -0.3 is 24.1 Å². The van der Waals surface area contributed by atoms with Gasteiger partial charge in [0.2, 0.25) is 0 Å². The molecule has 0 saturated carbocycles. The van der Waals surface area contributed by atoms with Crippen LogP contribution < -0.4 is 9.47 Å². The van der Waals surface area contributed by atoms with Gasteiger partial charge in [0.1, 0.15) is 0 Å². The van der Waals surface area contributed by atoms with E-state index in [-0.39, 0.29) is 6.61 Å². The van der Waals surface area contributed by atoms with Crippen LogP contribution in [0, 0.1) is 0 Å². The molecule has 5 nitrogen and oxygen atoms in total. The molecular formula is C14H22O5. The lowest BCUT2D eigenvalue weighted by molar-refractivity contribution is 0.0641. The summed E-state index contributed by atoms with van der Waals surface area (Å²) in [6, 6.07) is 5.45. The Balaban J connectivity index is 2.35. The van der Waals surface area contributed by atoms with Gasteiger partial charge in [0.25, 0.3) is 0 Å². The molecule has 5 heteroatoms. The second kappa shape index (κ2) is 9.61. The lowest BCUT2D eigenvalue weighted by Crippen LogP contribution is -2.08. The van der Waals surface area contributed by atoms with Crippen LogP contribution in [0.25, 0.3) is 0 Å². The molecule has 0 heterocycles. The number of rotatable bonds is 10. The zero-order chi connectivity index (χ0) is 13.9. The van der Waals surface area contributed by atoms with Gasteiger partial charge in [-0.3, -0.25) is 0 Å². The maximum atomic E-state index is 9.26. The number of benzene rings is 1. The summed E-state index contributed by atoms with van der Waals surface area (Å²) in [6.45, 7) is 2.25. The van der Waals surface area contributed by atoms with E-state index in [1.807, 2.05) is 18.2 Å². The maximum Gasteiger partial charge on any atom is 0.166 e. The third-order valence-corrected chi connectivity index (χ3v) is 2.56. The third kappa shape index (κ3) is 5.46. The van der Waals surface area contributed by atoms with Crippen molar-refractivity contribution >= 4 is 0 Å². The summed E-state index contributed by atoms with van der Waals surface area (Å²) in [7, 11) is 3.22. The summed E-state index contributed by atoms with van der Waals surface area (Å²) in [5.74, 6) is 1.23. The van der Waals surface area contributed by atoms with E-state index in [9.17, 15) is 5.11 Å². The van der Waals surface area contributed by atoms with Crippen molar-refractivity contribution in [3.05, 3.63) is 23.8 Å². The summed E-state index contributed by atoms with van der Waals surface area (Å²) in [5, 5.41) is 9.26. The highest BCUT2D eigenvalue weighted by Gasteiger charge is 2.09. The maximum absolute atomic E-state index is 9.26. The fraction of sp³-hybridized carbons (Fsp3) is 0.571. The molecule has 0 saturated heterocycles. The van der Waals surface area contributed by atoms with Crippen LogP contribution in [0.2, 0.25) is 0 Å². The average Bonchev–Trinajstić information content (AvgIpc) is 2.46. The molecule has 1 N–H and O–H groups in total. The molecule has 0 aromatic heterocycles. The molecule has 0 aliphatic rings. The van der Waals surface area contributed by atoms with E-state index in [1.54, 1.807) is 14.2 Å². The number of ether oxygens (including phenoxy) is 4. The largest absolute Gasteiger partial charge is 0.493 e. The van der Waals surface area contributed by atoms with Crippen LogP contribution in [0.15, 0.2) is 18.2 Å². The van der Waals surface area contributed by atoms with E-state index in [0.29, 0.717) is 37.9 Å². The van der Waals surface area contributed by atoms with E-state index in [4.69, 9.17) is 18.9 Å². The summed E-state index contributed by atoms with van der Waals surface area (Å²) < 4.78 is 21.1. The summed E-state index contributed by atoms with van der Waals surface area (Å²) in [6.07, 6.45) is 0.770. The summed E-state index contributed by atoms with van der Waals surface area (Å²) in [4.78, 5) is 0. The van der Waals surface area contributed by atoms with Crippen molar-refractivity contribution in [1.82, 2.24) is 0 Å². The second-order valence-electron chi connectivity index (χ2n) is 3.91. The number of para-hydroxylation sites is 1. The topological polar surface area (TPSA) is 57.2 Å². The highest BCUT2D eigenvalue weighted by atomic mass is 16.5. The molecule has 0 aliphatic carbocycles. The molecule has 1 aromatic rings. The highest BCUT2D eigenvalue weighted by Crippen LogP contribution is 2.31. The van der Waals surface area contributed by atoms with Gasteiger partial charge >= 0.3 is 0 Å². The van der Waals surface area contributed by atoms with Gasteiger partial charge in [0.05, 0.1) is 33.5 Å². The number of aliphatic hydroxyl groups excluding tert-OH is 1. The lowest BCUT2D eigenvalue weighted by atomic mass is 10.2. The molecular weight excluding hydrogens is 248 g/mol. The van der Waals surface area contributed by atoms with Crippen molar-refractivity contribution < 1.29 is 24.1 Å². The minimum absolute atomic E-state index is 0.0725. The molecule has 0 bridgehead atoms. The van der Waals surface area contributed by atoms with Gasteiger partial charge in [-0.25, -0.2) is 0 Å². The highest BCUT2D eigenvalue weighted by molar-refractivity contribution is 5.46. The fourth-order valence-corrected chi connectivity index (χ4v) is 1.59. The van der Waals surface area contributed by atoms with E-state index >= 15 is 0 Å². The smallest absolute Gasteiger partial charge is 0.166 e. The van der Waals surface area contributed by atoms with Gasteiger partial charge in [-0.05, 0) is 6.07 Å². The third-order valence-electron chi connectivity index (χ3n) is 2.56. The van der Waals surface area contributed by atoms with Crippen LogP contribution in [0.5, 0.6) is 11.5 Å². The number of hydrogen-bond acceptors (Lipinski definition) is 5. The molecule has 108 valence electrons. The van der Waals surface area contributed by atoms with Gasteiger partial charge in [-0.1, -0.05) is 12.1 Å². The Hall–Kier alpha value is -1.30. The first-order chi connectivity index (χ1) is 9.33. The predicted octanol–water partition coefficient (Wildman–Crippen LogP) is 1.62. The Morgan fingerprint density at radius 1 is 1.05 bits per heavy atom. The summed E-state index contributed by atoms with van der Waals surface area (Å²) in [5.41, 5.74) is 0.722. The monoisotopic (exact) mass is 270 g/mol. The normalized spacial score (nSPS) is 10.5. The Bertz CT molecular complexity index is 331. The number of aliphatic hydroxyl groups is 1. The first-order valence-electron chi connectivity index (χ1n) is 6.29. The lowest BCUT2D eigenvalue weighted by Gasteiger charge is -2.13. The SMILES string of the molecule is COCCOCCCOc1c(CO)cccc1OC. The quantitative estimate of drug-likeness (QED) is 0.655.